The number of nitrogens with one attached hydrogen (secondary N) is 5. The lowest BCUT2D eigenvalue weighted by atomic mass is 10.0. The van der Waals surface area contributed by atoms with E-state index in [-0.39, 0.29) is 18.9 Å². The molecule has 1 aromatic rings. The molecule has 0 spiro atoms. The first-order valence-corrected chi connectivity index (χ1v) is 11.1. The van der Waals surface area contributed by atoms with Gasteiger partial charge in [0.2, 0.25) is 29.5 Å². The molecule has 180 valence electrons. The van der Waals surface area contributed by atoms with Crippen molar-refractivity contribution in [3.63, 3.8) is 0 Å². The summed E-state index contributed by atoms with van der Waals surface area (Å²) in [7, 11) is 0. The van der Waals surface area contributed by atoms with E-state index in [1.165, 1.54) is 13.8 Å². The van der Waals surface area contributed by atoms with Crippen LogP contribution in [0.2, 0.25) is 0 Å². The molecule has 0 aliphatic carbocycles. The molecule has 10 nitrogen and oxygen atoms in total. The summed E-state index contributed by atoms with van der Waals surface area (Å²) in [4.78, 5) is 63.2. The maximum Gasteiger partial charge on any atom is 0.243 e. The lowest BCUT2D eigenvalue weighted by Gasteiger charge is -2.24. The van der Waals surface area contributed by atoms with Crippen molar-refractivity contribution >= 4 is 29.5 Å². The fourth-order valence-corrected chi connectivity index (χ4v) is 3.38. The minimum atomic E-state index is -0.958. The van der Waals surface area contributed by atoms with Crippen LogP contribution in [0, 0.1) is 5.92 Å². The Morgan fingerprint density at radius 2 is 1.33 bits per heavy atom. The van der Waals surface area contributed by atoms with Crippen molar-refractivity contribution in [2.24, 2.45) is 5.92 Å². The summed E-state index contributed by atoms with van der Waals surface area (Å²) < 4.78 is 0. The molecule has 0 radical (unpaired) electrons. The van der Waals surface area contributed by atoms with Crippen molar-refractivity contribution in [1.82, 2.24) is 26.6 Å². The Balaban J connectivity index is 2.28. The van der Waals surface area contributed by atoms with E-state index in [2.05, 4.69) is 26.6 Å². The van der Waals surface area contributed by atoms with Crippen molar-refractivity contribution in [2.45, 2.75) is 64.7 Å². The molecule has 2 rings (SSSR count). The zero-order chi connectivity index (χ0) is 24.5. The monoisotopic (exact) mass is 459 g/mol. The van der Waals surface area contributed by atoms with Gasteiger partial charge in [0.05, 0.1) is 6.54 Å². The standard InChI is InChI=1S/C23H33N5O5/c1-13(2)10-17-22(32)25-14(3)20(30)24-12-19(29)27-18(11-16-8-6-5-7-9-16)23(33)26-15(4)21(31)28-17/h5-9,13-15,17-18H,10-12H2,1-4H3,(H,24,30)(H,25,32)(H,26,33)(H,27,29)(H,28,31)/t14-,15-,17-,18-/m0/s1. The van der Waals surface area contributed by atoms with Gasteiger partial charge in [0, 0.05) is 6.42 Å². The Morgan fingerprint density at radius 1 is 0.758 bits per heavy atom. The maximum atomic E-state index is 12.9. The number of carbonyl (C=O) groups is 5. The van der Waals surface area contributed by atoms with E-state index in [0.717, 1.165) is 5.56 Å². The molecule has 1 fully saturated rings. The Labute approximate surface area is 193 Å². The quantitative estimate of drug-likeness (QED) is 0.408. The first-order valence-electron chi connectivity index (χ1n) is 11.1. The molecule has 33 heavy (non-hydrogen) atoms. The third kappa shape index (κ3) is 8.21. The SMILES string of the molecule is CC(C)C[C@@H]1NC(=O)[C@H](C)NC(=O)[C@H](Cc2ccccc2)NC(=O)CNC(=O)[C@H](C)NC1=O. The van der Waals surface area contributed by atoms with E-state index in [1.807, 2.05) is 44.2 Å². The largest absolute Gasteiger partial charge is 0.345 e. The predicted octanol–water partition coefficient (Wildman–Crippen LogP) is -0.616. The molecule has 0 bridgehead atoms. The molecule has 5 amide bonds. The summed E-state index contributed by atoms with van der Waals surface area (Å²) in [5.74, 6) is -2.63. The van der Waals surface area contributed by atoms with Crippen LogP contribution < -0.4 is 26.6 Å². The average molecular weight is 460 g/mol. The smallest absolute Gasteiger partial charge is 0.243 e. The molecular formula is C23H33N5O5. The van der Waals surface area contributed by atoms with E-state index in [9.17, 15) is 24.0 Å². The van der Waals surface area contributed by atoms with Gasteiger partial charge in [-0.1, -0.05) is 44.2 Å². The molecule has 1 saturated heterocycles. The third-order valence-corrected chi connectivity index (χ3v) is 5.20. The molecule has 0 saturated carbocycles. The Bertz CT molecular complexity index is 873. The summed E-state index contributed by atoms with van der Waals surface area (Å²) in [6.07, 6.45) is 0.552. The van der Waals surface area contributed by atoms with Gasteiger partial charge in [-0.2, -0.15) is 0 Å². The minimum Gasteiger partial charge on any atom is -0.345 e. The van der Waals surface area contributed by atoms with Crippen molar-refractivity contribution in [1.29, 1.82) is 0 Å². The molecular weight excluding hydrogens is 426 g/mol. The van der Waals surface area contributed by atoms with Gasteiger partial charge in [-0.25, -0.2) is 0 Å². The van der Waals surface area contributed by atoms with Gasteiger partial charge in [0.1, 0.15) is 24.2 Å². The van der Waals surface area contributed by atoms with E-state index >= 15 is 0 Å². The van der Waals surface area contributed by atoms with E-state index < -0.39 is 53.7 Å². The van der Waals surface area contributed by atoms with Crippen molar-refractivity contribution in [3.8, 4) is 0 Å². The second kappa shape index (κ2) is 12.0. The molecule has 0 unspecified atom stereocenters. The summed E-state index contributed by atoms with van der Waals surface area (Å²) in [5, 5.41) is 12.9. The van der Waals surface area contributed by atoms with Crippen LogP contribution in [-0.2, 0) is 30.4 Å². The lowest BCUT2D eigenvalue weighted by Crippen LogP contribution is -2.57. The second-order valence-corrected chi connectivity index (χ2v) is 8.68. The van der Waals surface area contributed by atoms with Gasteiger partial charge >= 0.3 is 0 Å². The van der Waals surface area contributed by atoms with Crippen LogP contribution in [0.15, 0.2) is 30.3 Å². The van der Waals surface area contributed by atoms with Crippen LogP contribution in [0.5, 0.6) is 0 Å². The number of benzene rings is 1. The highest BCUT2D eigenvalue weighted by Gasteiger charge is 2.30. The van der Waals surface area contributed by atoms with E-state index in [1.54, 1.807) is 0 Å². The first-order chi connectivity index (χ1) is 15.6. The number of carbonyl (C=O) groups excluding carboxylic acids is 5. The van der Waals surface area contributed by atoms with Gasteiger partial charge in [0.25, 0.3) is 0 Å². The van der Waals surface area contributed by atoms with E-state index in [0.29, 0.717) is 6.42 Å². The number of hydrogen-bond acceptors (Lipinski definition) is 5. The van der Waals surface area contributed by atoms with Crippen molar-refractivity contribution < 1.29 is 24.0 Å². The Hall–Kier alpha value is -3.43. The van der Waals surface area contributed by atoms with Gasteiger partial charge in [-0.15, -0.1) is 0 Å². The zero-order valence-corrected chi connectivity index (χ0v) is 19.4. The highest BCUT2D eigenvalue weighted by atomic mass is 16.2. The predicted molar refractivity (Wildman–Crippen MR) is 122 cm³/mol. The minimum absolute atomic E-state index is 0.0919. The molecule has 1 aliphatic heterocycles. The fraction of sp³-hybridized carbons (Fsp3) is 0.522. The maximum absolute atomic E-state index is 12.9. The topological polar surface area (TPSA) is 146 Å². The highest BCUT2D eigenvalue weighted by Crippen LogP contribution is 2.07. The zero-order valence-electron chi connectivity index (χ0n) is 19.4. The molecule has 1 heterocycles. The molecule has 4 atom stereocenters. The molecule has 0 aromatic heterocycles. The van der Waals surface area contributed by atoms with Gasteiger partial charge < -0.3 is 26.6 Å². The fourth-order valence-electron chi connectivity index (χ4n) is 3.38. The van der Waals surface area contributed by atoms with Gasteiger partial charge in [0.15, 0.2) is 0 Å². The van der Waals surface area contributed by atoms with Crippen LogP contribution in [0.4, 0.5) is 0 Å². The first kappa shape index (κ1) is 25.8. The van der Waals surface area contributed by atoms with E-state index in [4.69, 9.17) is 0 Å². The summed E-state index contributed by atoms with van der Waals surface area (Å²) in [6.45, 7) is 6.44. The van der Waals surface area contributed by atoms with Crippen LogP contribution in [-0.4, -0.2) is 60.2 Å². The molecule has 1 aromatic carbocycles. The number of amides is 5. The average Bonchev–Trinajstić information content (AvgIpc) is 2.76. The van der Waals surface area contributed by atoms with Crippen LogP contribution in [0.1, 0.15) is 39.7 Å². The summed E-state index contributed by atoms with van der Waals surface area (Å²) in [6, 6.07) is 5.42. The molecule has 10 heteroatoms. The lowest BCUT2D eigenvalue weighted by molar-refractivity contribution is -0.133. The summed E-state index contributed by atoms with van der Waals surface area (Å²) >= 11 is 0. The number of rotatable bonds is 4. The van der Waals surface area contributed by atoms with Crippen LogP contribution in [0.25, 0.3) is 0 Å². The number of hydrogen-bond donors (Lipinski definition) is 5. The van der Waals surface area contributed by atoms with Gasteiger partial charge in [-0.3, -0.25) is 24.0 Å². The van der Waals surface area contributed by atoms with Crippen molar-refractivity contribution in [3.05, 3.63) is 35.9 Å². The van der Waals surface area contributed by atoms with Crippen molar-refractivity contribution in [2.75, 3.05) is 6.54 Å². The Kier molecular flexibility index (Phi) is 9.38. The van der Waals surface area contributed by atoms with Crippen LogP contribution in [0.3, 0.4) is 0 Å². The molecule has 5 N–H and O–H groups in total. The molecule has 1 aliphatic rings. The van der Waals surface area contributed by atoms with Gasteiger partial charge in [-0.05, 0) is 31.7 Å². The normalized spacial score (nSPS) is 25.7. The Morgan fingerprint density at radius 3 is 1.94 bits per heavy atom. The highest BCUT2D eigenvalue weighted by molar-refractivity contribution is 5.96. The second-order valence-electron chi connectivity index (χ2n) is 8.68. The summed E-state index contributed by atoms with van der Waals surface area (Å²) in [5.41, 5.74) is 0.817. The third-order valence-electron chi connectivity index (χ3n) is 5.20. The van der Waals surface area contributed by atoms with Crippen LogP contribution >= 0.6 is 0 Å².